The minimum atomic E-state index is 0.503. The van der Waals surface area contributed by atoms with Crippen LogP contribution in [0.1, 0.15) is 29.2 Å². The maximum atomic E-state index is 6.22. The maximum Gasteiger partial charge on any atom is 0.166 e. The fraction of sp³-hybridized carbons (Fsp3) is 0.333. The standard InChI is InChI=1S/C27H33NO4/c1-5-31-25-8-6-7-23(27(25)32-19-22-11-9-20(2)10-12-22)18-28-16-15-21-13-14-24(29-3)26(17-21)30-4/h6-14,17,28H,5,15-16,18-19H2,1-4H3. The Balaban J connectivity index is 1.62. The summed E-state index contributed by atoms with van der Waals surface area (Å²) in [6, 6.07) is 20.5. The summed E-state index contributed by atoms with van der Waals surface area (Å²) in [4.78, 5) is 0. The van der Waals surface area contributed by atoms with Crippen LogP contribution in [-0.2, 0) is 19.6 Å². The molecule has 170 valence electrons. The second-order valence-electron chi connectivity index (χ2n) is 7.57. The van der Waals surface area contributed by atoms with Gasteiger partial charge >= 0.3 is 0 Å². The third-order valence-corrected chi connectivity index (χ3v) is 5.22. The lowest BCUT2D eigenvalue weighted by Crippen LogP contribution is -2.17. The van der Waals surface area contributed by atoms with Crippen LogP contribution in [0.15, 0.2) is 60.7 Å². The molecule has 0 atom stereocenters. The first-order valence-electron chi connectivity index (χ1n) is 11.0. The normalized spacial score (nSPS) is 10.6. The Kier molecular flexibility index (Phi) is 8.81. The highest BCUT2D eigenvalue weighted by Crippen LogP contribution is 2.32. The molecule has 0 radical (unpaired) electrons. The Morgan fingerprint density at radius 3 is 2.25 bits per heavy atom. The van der Waals surface area contributed by atoms with E-state index in [1.807, 2.05) is 31.2 Å². The van der Waals surface area contributed by atoms with Crippen LogP contribution in [-0.4, -0.2) is 27.4 Å². The highest BCUT2D eigenvalue weighted by Gasteiger charge is 2.12. The summed E-state index contributed by atoms with van der Waals surface area (Å²) < 4.78 is 22.8. The summed E-state index contributed by atoms with van der Waals surface area (Å²) >= 11 is 0. The van der Waals surface area contributed by atoms with Crippen molar-refractivity contribution in [2.75, 3.05) is 27.4 Å². The zero-order valence-corrected chi connectivity index (χ0v) is 19.4. The highest BCUT2D eigenvalue weighted by molar-refractivity contribution is 5.47. The lowest BCUT2D eigenvalue weighted by Gasteiger charge is -2.17. The van der Waals surface area contributed by atoms with Crippen LogP contribution in [0.3, 0.4) is 0 Å². The molecular formula is C27H33NO4. The number of para-hydroxylation sites is 1. The molecule has 1 N–H and O–H groups in total. The third kappa shape index (κ3) is 6.41. The lowest BCUT2D eigenvalue weighted by molar-refractivity contribution is 0.266. The van der Waals surface area contributed by atoms with Crippen LogP contribution < -0.4 is 24.3 Å². The molecule has 3 aromatic carbocycles. The summed E-state index contributed by atoms with van der Waals surface area (Å²) in [5, 5.41) is 3.52. The summed E-state index contributed by atoms with van der Waals surface area (Å²) in [5.41, 5.74) is 4.64. The molecule has 3 aromatic rings. The first-order chi connectivity index (χ1) is 15.6. The molecule has 3 rings (SSSR count). The molecule has 0 amide bonds. The van der Waals surface area contributed by atoms with E-state index in [0.717, 1.165) is 47.1 Å². The van der Waals surface area contributed by atoms with E-state index in [4.69, 9.17) is 18.9 Å². The molecular weight excluding hydrogens is 402 g/mol. The van der Waals surface area contributed by atoms with Crippen molar-refractivity contribution in [3.8, 4) is 23.0 Å². The number of rotatable bonds is 12. The Labute approximate surface area is 191 Å². The van der Waals surface area contributed by atoms with Gasteiger partial charge in [-0.3, -0.25) is 0 Å². The van der Waals surface area contributed by atoms with E-state index in [9.17, 15) is 0 Å². The SMILES string of the molecule is CCOc1cccc(CNCCc2ccc(OC)c(OC)c2)c1OCc1ccc(C)cc1. The molecule has 5 heteroatoms. The number of nitrogens with one attached hydrogen (secondary N) is 1. The van der Waals surface area contributed by atoms with Gasteiger partial charge in [0.25, 0.3) is 0 Å². The molecule has 32 heavy (non-hydrogen) atoms. The van der Waals surface area contributed by atoms with Gasteiger partial charge < -0.3 is 24.3 Å². The molecule has 0 heterocycles. The third-order valence-electron chi connectivity index (χ3n) is 5.22. The lowest BCUT2D eigenvalue weighted by atomic mass is 10.1. The summed E-state index contributed by atoms with van der Waals surface area (Å²) in [6.07, 6.45) is 0.880. The molecule has 0 fully saturated rings. The predicted octanol–water partition coefficient (Wildman–Crippen LogP) is 5.32. The molecule has 0 aliphatic heterocycles. The molecule has 0 bridgehead atoms. The van der Waals surface area contributed by atoms with E-state index in [1.54, 1.807) is 14.2 Å². The number of methoxy groups -OCH3 is 2. The van der Waals surface area contributed by atoms with Gasteiger partial charge in [0.05, 0.1) is 20.8 Å². The molecule has 0 aliphatic carbocycles. The van der Waals surface area contributed by atoms with Gasteiger partial charge in [0.2, 0.25) is 0 Å². The van der Waals surface area contributed by atoms with Gasteiger partial charge in [-0.1, -0.05) is 48.0 Å². The topological polar surface area (TPSA) is 49.0 Å². The summed E-state index contributed by atoms with van der Waals surface area (Å²) in [5.74, 6) is 3.07. The highest BCUT2D eigenvalue weighted by atomic mass is 16.5. The number of ether oxygens (including phenoxy) is 4. The van der Waals surface area contributed by atoms with Crippen LogP contribution in [0.4, 0.5) is 0 Å². The van der Waals surface area contributed by atoms with Gasteiger partial charge in [-0.2, -0.15) is 0 Å². The van der Waals surface area contributed by atoms with Gasteiger partial charge in [0.1, 0.15) is 6.61 Å². The van der Waals surface area contributed by atoms with Gasteiger partial charge in [-0.25, -0.2) is 0 Å². The number of benzene rings is 3. The quantitative estimate of drug-likeness (QED) is 0.390. The van der Waals surface area contributed by atoms with Gasteiger partial charge in [-0.05, 0) is 56.1 Å². The fourth-order valence-electron chi connectivity index (χ4n) is 3.47. The average Bonchev–Trinajstić information content (AvgIpc) is 2.82. The predicted molar refractivity (Wildman–Crippen MR) is 128 cm³/mol. The van der Waals surface area contributed by atoms with E-state index in [1.165, 1.54) is 11.1 Å². The van der Waals surface area contributed by atoms with Gasteiger partial charge in [-0.15, -0.1) is 0 Å². The summed E-state index contributed by atoms with van der Waals surface area (Å²) in [6.45, 7) is 6.68. The second-order valence-corrected chi connectivity index (χ2v) is 7.57. The Hall–Kier alpha value is -3.18. The number of hydrogen-bond donors (Lipinski definition) is 1. The first-order valence-corrected chi connectivity index (χ1v) is 11.0. The molecule has 5 nitrogen and oxygen atoms in total. The van der Waals surface area contributed by atoms with E-state index in [-0.39, 0.29) is 0 Å². The monoisotopic (exact) mass is 435 g/mol. The number of aryl methyl sites for hydroxylation is 1. The van der Waals surface area contributed by atoms with Gasteiger partial charge in [0, 0.05) is 12.1 Å². The Bertz CT molecular complexity index is 985. The van der Waals surface area contributed by atoms with Crippen molar-refractivity contribution >= 4 is 0 Å². The minimum Gasteiger partial charge on any atom is -0.493 e. The summed E-state index contributed by atoms with van der Waals surface area (Å²) in [7, 11) is 3.30. The zero-order valence-electron chi connectivity index (χ0n) is 19.4. The van der Waals surface area contributed by atoms with Crippen LogP contribution in [0, 0.1) is 6.92 Å². The Morgan fingerprint density at radius 2 is 1.53 bits per heavy atom. The molecule has 0 saturated heterocycles. The fourth-order valence-corrected chi connectivity index (χ4v) is 3.47. The maximum absolute atomic E-state index is 6.22. The molecule has 0 aromatic heterocycles. The van der Waals surface area contributed by atoms with E-state index in [0.29, 0.717) is 19.8 Å². The van der Waals surface area contributed by atoms with E-state index >= 15 is 0 Å². The Morgan fingerprint density at radius 1 is 0.781 bits per heavy atom. The minimum absolute atomic E-state index is 0.503. The van der Waals surface area contributed by atoms with E-state index < -0.39 is 0 Å². The van der Waals surface area contributed by atoms with E-state index in [2.05, 4.69) is 48.6 Å². The second kappa shape index (κ2) is 12.0. The van der Waals surface area contributed by atoms with Crippen molar-refractivity contribution in [3.63, 3.8) is 0 Å². The molecule has 0 aliphatic rings. The van der Waals surface area contributed by atoms with Crippen molar-refractivity contribution in [1.29, 1.82) is 0 Å². The van der Waals surface area contributed by atoms with Crippen molar-refractivity contribution in [1.82, 2.24) is 5.32 Å². The average molecular weight is 436 g/mol. The zero-order chi connectivity index (χ0) is 22.8. The molecule has 0 unspecified atom stereocenters. The van der Waals surface area contributed by atoms with Crippen molar-refractivity contribution in [2.45, 2.75) is 33.4 Å². The van der Waals surface area contributed by atoms with Crippen LogP contribution in [0.25, 0.3) is 0 Å². The first kappa shape index (κ1) is 23.5. The molecule has 0 saturated carbocycles. The number of hydrogen-bond acceptors (Lipinski definition) is 5. The van der Waals surface area contributed by atoms with Crippen LogP contribution in [0.5, 0.6) is 23.0 Å². The van der Waals surface area contributed by atoms with Crippen LogP contribution in [0.2, 0.25) is 0 Å². The van der Waals surface area contributed by atoms with Crippen LogP contribution >= 0.6 is 0 Å². The van der Waals surface area contributed by atoms with Gasteiger partial charge in [0.15, 0.2) is 23.0 Å². The van der Waals surface area contributed by atoms with Crippen molar-refractivity contribution < 1.29 is 18.9 Å². The largest absolute Gasteiger partial charge is 0.493 e. The van der Waals surface area contributed by atoms with Crippen molar-refractivity contribution in [2.24, 2.45) is 0 Å². The van der Waals surface area contributed by atoms with Crippen molar-refractivity contribution in [3.05, 3.63) is 82.9 Å². The molecule has 0 spiro atoms. The smallest absolute Gasteiger partial charge is 0.166 e.